The summed E-state index contributed by atoms with van der Waals surface area (Å²) in [6.45, 7) is 12.8. The van der Waals surface area contributed by atoms with E-state index < -0.39 is 13.5 Å². The van der Waals surface area contributed by atoms with Crippen LogP contribution in [-0.4, -0.2) is 20.1 Å². The molecule has 2 nitrogen and oxygen atoms in total. The van der Waals surface area contributed by atoms with Crippen molar-refractivity contribution in [3.63, 3.8) is 0 Å². The highest BCUT2D eigenvalue weighted by molar-refractivity contribution is 6.78. The van der Waals surface area contributed by atoms with Gasteiger partial charge in [0, 0.05) is 5.41 Å². The molecule has 2 aliphatic rings. The lowest BCUT2D eigenvalue weighted by Crippen LogP contribution is -2.57. The van der Waals surface area contributed by atoms with Crippen molar-refractivity contribution in [2.24, 2.45) is 16.7 Å². The first-order valence-electron chi connectivity index (χ1n) is 8.36. The Hall–Kier alpha value is -0.703. The zero-order valence-corrected chi connectivity index (χ0v) is 15.1. The van der Waals surface area contributed by atoms with E-state index in [1.54, 1.807) is 0 Å². The monoisotopic (exact) mass is 306 g/mol. The molecule has 0 aromatic heterocycles. The lowest BCUT2D eigenvalue weighted by Gasteiger charge is -2.53. The number of aldehydes is 1. The summed E-state index contributed by atoms with van der Waals surface area (Å²) in [4.78, 5) is 25.5. The molecule has 0 N–H and O–H groups in total. The number of rotatable bonds is 4. The predicted molar refractivity (Wildman–Crippen MR) is 90.1 cm³/mol. The van der Waals surface area contributed by atoms with Crippen LogP contribution in [0.3, 0.4) is 0 Å². The molecule has 0 heterocycles. The van der Waals surface area contributed by atoms with Gasteiger partial charge in [-0.05, 0) is 37.1 Å². The normalized spacial score (nSPS) is 38.5. The lowest BCUT2D eigenvalue weighted by atomic mass is 9.52. The third-order valence-corrected chi connectivity index (χ3v) is 8.80. The fraction of sp³-hybridized carbons (Fsp3) is 0.778. The van der Waals surface area contributed by atoms with Crippen molar-refractivity contribution >= 4 is 20.1 Å². The van der Waals surface area contributed by atoms with Gasteiger partial charge in [0.25, 0.3) is 0 Å². The Labute approximate surface area is 130 Å². The number of allylic oxidation sites excluding steroid dienone is 1. The van der Waals surface area contributed by atoms with Crippen LogP contribution in [0.4, 0.5) is 0 Å². The van der Waals surface area contributed by atoms with E-state index >= 15 is 0 Å². The Morgan fingerprint density at radius 2 is 1.90 bits per heavy atom. The average Bonchev–Trinajstić information content (AvgIpc) is 2.42. The molecular formula is C18H30O2Si. The largest absolute Gasteiger partial charge is 0.302 e. The minimum atomic E-state index is -1.67. The molecule has 118 valence electrons. The van der Waals surface area contributed by atoms with Crippen LogP contribution in [-0.2, 0) is 9.59 Å². The molecular weight excluding hydrogens is 276 g/mol. The summed E-state index contributed by atoms with van der Waals surface area (Å²) in [6.07, 6.45) is 9.14. The van der Waals surface area contributed by atoms with Gasteiger partial charge in [0.05, 0.1) is 13.5 Å². The third-order valence-electron chi connectivity index (χ3n) is 6.18. The SMILES string of the molecule is C=C[C@@H]([C@]1(C=O)CC[C@@H]2CCCC[C@@]2(C)C1=O)[Si](C)(C)C. The minimum Gasteiger partial charge on any atom is -0.302 e. The van der Waals surface area contributed by atoms with Gasteiger partial charge in [0.1, 0.15) is 6.29 Å². The molecule has 0 aromatic carbocycles. The van der Waals surface area contributed by atoms with Gasteiger partial charge in [0.15, 0.2) is 5.78 Å². The van der Waals surface area contributed by atoms with E-state index in [9.17, 15) is 9.59 Å². The standard InChI is InChI=1S/C18H30O2Si/c1-6-15(21(3,4)5)18(13-19)12-10-14-9-7-8-11-17(14,2)16(18)20/h6,13-15H,1,7-12H2,2-5H3/t14-,15-,17+,18+/m0/s1. The number of carbonyl (C=O) groups excluding carboxylic acids is 2. The van der Waals surface area contributed by atoms with Crippen molar-refractivity contribution in [1.82, 2.24) is 0 Å². The van der Waals surface area contributed by atoms with Crippen LogP contribution in [0.15, 0.2) is 12.7 Å². The molecule has 0 radical (unpaired) electrons. The van der Waals surface area contributed by atoms with Crippen LogP contribution < -0.4 is 0 Å². The zero-order chi connectivity index (χ0) is 15.9. The summed E-state index contributed by atoms with van der Waals surface area (Å²) in [5.41, 5.74) is -1.03. The number of hydrogen-bond donors (Lipinski definition) is 0. The third kappa shape index (κ3) is 2.48. The molecule has 0 aromatic rings. The van der Waals surface area contributed by atoms with Gasteiger partial charge >= 0.3 is 0 Å². The molecule has 2 rings (SSSR count). The van der Waals surface area contributed by atoms with Crippen molar-refractivity contribution in [3.8, 4) is 0 Å². The Bertz CT molecular complexity index is 451. The number of fused-ring (bicyclic) bond motifs is 1. The first kappa shape index (κ1) is 16.7. The Kier molecular flexibility index (Phi) is 4.36. The molecule has 0 amide bonds. The molecule has 0 bridgehead atoms. The summed E-state index contributed by atoms with van der Waals surface area (Å²) in [6, 6.07) is 0. The Morgan fingerprint density at radius 1 is 1.24 bits per heavy atom. The minimum absolute atomic E-state index is 0.0506. The van der Waals surface area contributed by atoms with E-state index in [4.69, 9.17) is 0 Å². The smallest absolute Gasteiger partial charge is 0.152 e. The predicted octanol–water partition coefficient (Wildman–Crippen LogP) is 4.63. The molecule has 0 unspecified atom stereocenters. The lowest BCUT2D eigenvalue weighted by molar-refractivity contribution is -0.153. The quantitative estimate of drug-likeness (QED) is 0.328. The highest BCUT2D eigenvalue weighted by Gasteiger charge is 2.59. The van der Waals surface area contributed by atoms with Crippen molar-refractivity contribution in [1.29, 1.82) is 0 Å². The molecule has 4 atom stereocenters. The van der Waals surface area contributed by atoms with Crippen molar-refractivity contribution in [3.05, 3.63) is 12.7 Å². The highest BCUT2D eigenvalue weighted by atomic mass is 28.3. The summed E-state index contributed by atoms with van der Waals surface area (Å²) in [5, 5.41) is 0. The molecule has 3 heteroatoms. The maximum atomic E-state index is 13.4. The van der Waals surface area contributed by atoms with E-state index in [0.29, 0.717) is 5.92 Å². The number of ketones is 1. The molecule has 21 heavy (non-hydrogen) atoms. The Balaban J connectivity index is 2.47. The first-order valence-corrected chi connectivity index (χ1v) is 11.9. The fourth-order valence-electron chi connectivity index (χ4n) is 5.04. The van der Waals surface area contributed by atoms with Gasteiger partial charge in [-0.2, -0.15) is 0 Å². The highest BCUT2D eigenvalue weighted by Crippen LogP contribution is 2.58. The van der Waals surface area contributed by atoms with Crippen LogP contribution in [0.1, 0.15) is 45.4 Å². The van der Waals surface area contributed by atoms with E-state index in [0.717, 1.165) is 38.4 Å². The van der Waals surface area contributed by atoms with Crippen LogP contribution in [0.2, 0.25) is 25.2 Å². The number of carbonyl (C=O) groups is 2. The molecule has 0 spiro atoms. The molecule has 0 aliphatic heterocycles. The number of Topliss-reactive ketones (excluding diaryl/α,β-unsaturated/α-hetero) is 1. The summed E-state index contributed by atoms with van der Waals surface area (Å²) < 4.78 is 0. The topological polar surface area (TPSA) is 34.1 Å². The maximum absolute atomic E-state index is 13.4. The molecule has 2 saturated carbocycles. The second kappa shape index (κ2) is 5.49. The van der Waals surface area contributed by atoms with Crippen molar-refractivity contribution in [2.75, 3.05) is 0 Å². The first-order chi connectivity index (χ1) is 9.72. The Morgan fingerprint density at radius 3 is 2.43 bits per heavy atom. The van der Waals surface area contributed by atoms with Crippen LogP contribution in [0, 0.1) is 16.7 Å². The van der Waals surface area contributed by atoms with Crippen molar-refractivity contribution < 1.29 is 9.59 Å². The summed E-state index contributed by atoms with van der Waals surface area (Å²) in [5.74, 6) is 0.715. The second-order valence-corrected chi connectivity index (χ2v) is 13.8. The maximum Gasteiger partial charge on any atom is 0.152 e. The van der Waals surface area contributed by atoms with Gasteiger partial charge in [-0.25, -0.2) is 0 Å². The van der Waals surface area contributed by atoms with Crippen LogP contribution in [0.5, 0.6) is 0 Å². The zero-order valence-electron chi connectivity index (χ0n) is 14.1. The molecule has 2 fully saturated rings. The second-order valence-electron chi connectivity index (χ2n) is 8.47. The van der Waals surface area contributed by atoms with E-state index in [1.807, 2.05) is 6.08 Å². The summed E-state index contributed by atoms with van der Waals surface area (Å²) in [7, 11) is -1.67. The van der Waals surface area contributed by atoms with Gasteiger partial charge in [-0.15, -0.1) is 6.58 Å². The fourth-order valence-corrected chi connectivity index (χ4v) is 7.64. The van der Waals surface area contributed by atoms with Gasteiger partial charge in [-0.3, -0.25) is 4.79 Å². The van der Waals surface area contributed by atoms with Crippen molar-refractivity contribution in [2.45, 2.75) is 70.6 Å². The molecule has 0 saturated heterocycles. The average molecular weight is 307 g/mol. The molecule has 2 aliphatic carbocycles. The van der Waals surface area contributed by atoms with E-state index in [1.165, 1.54) is 6.42 Å². The van der Waals surface area contributed by atoms with Gasteiger partial charge < -0.3 is 4.79 Å². The van der Waals surface area contributed by atoms with Gasteiger partial charge in [-0.1, -0.05) is 45.5 Å². The van der Waals surface area contributed by atoms with Crippen LogP contribution >= 0.6 is 0 Å². The van der Waals surface area contributed by atoms with Crippen LogP contribution in [0.25, 0.3) is 0 Å². The van der Waals surface area contributed by atoms with Gasteiger partial charge in [0.2, 0.25) is 0 Å². The van der Waals surface area contributed by atoms with E-state index in [-0.39, 0.29) is 16.7 Å². The number of hydrogen-bond acceptors (Lipinski definition) is 2. The summed E-state index contributed by atoms with van der Waals surface area (Å²) >= 11 is 0. The van der Waals surface area contributed by atoms with E-state index in [2.05, 4.69) is 33.1 Å².